The topological polar surface area (TPSA) is 28.7 Å². The molecule has 1 aromatic heterocycles. The van der Waals surface area contributed by atoms with Gasteiger partial charge in [-0.2, -0.15) is 12.6 Å². The molecule has 0 saturated carbocycles. The van der Waals surface area contributed by atoms with Crippen LogP contribution >= 0.6 is 12.6 Å². The monoisotopic (exact) mass is 232 g/mol. The van der Waals surface area contributed by atoms with Crippen LogP contribution in [0, 0.1) is 13.8 Å². The van der Waals surface area contributed by atoms with Crippen LogP contribution in [0.2, 0.25) is 0 Å². The molecule has 0 aliphatic rings. The lowest BCUT2D eigenvalue weighted by molar-refractivity contribution is 0.995. The van der Waals surface area contributed by atoms with Crippen LogP contribution in [0.5, 0.6) is 0 Å². The molecule has 0 radical (unpaired) electrons. The molecule has 0 aliphatic carbocycles. The Morgan fingerprint density at radius 3 is 2.81 bits per heavy atom. The van der Waals surface area contributed by atoms with Gasteiger partial charge in [-0.25, -0.2) is 4.98 Å². The highest BCUT2D eigenvalue weighted by atomic mass is 32.1. The number of rotatable bonds is 3. The fourth-order valence-corrected chi connectivity index (χ4v) is 2.03. The van der Waals surface area contributed by atoms with Gasteiger partial charge in [0, 0.05) is 17.7 Å². The molecule has 0 saturated heterocycles. The highest BCUT2D eigenvalue weighted by Gasteiger charge is 2.08. The van der Waals surface area contributed by atoms with Crippen molar-refractivity contribution in [1.29, 1.82) is 0 Å². The molecule has 0 fully saturated rings. The van der Waals surface area contributed by atoms with Gasteiger partial charge in [0.15, 0.2) is 0 Å². The van der Waals surface area contributed by atoms with Crippen molar-refractivity contribution in [3.63, 3.8) is 0 Å². The van der Waals surface area contributed by atoms with E-state index < -0.39 is 0 Å². The van der Waals surface area contributed by atoms with Crippen molar-refractivity contribution >= 4 is 12.6 Å². The summed E-state index contributed by atoms with van der Waals surface area (Å²) >= 11 is 4.22. The SMILES string of the molecule is Cc1cccc(-c2nc(CCS)[nH]c2C)c1. The van der Waals surface area contributed by atoms with Crippen LogP contribution in [-0.4, -0.2) is 15.7 Å². The van der Waals surface area contributed by atoms with Crippen molar-refractivity contribution in [3.05, 3.63) is 41.3 Å². The zero-order valence-electron chi connectivity index (χ0n) is 9.62. The molecule has 1 heterocycles. The second kappa shape index (κ2) is 4.74. The van der Waals surface area contributed by atoms with Crippen molar-refractivity contribution in [2.24, 2.45) is 0 Å². The van der Waals surface area contributed by atoms with Gasteiger partial charge in [-0.15, -0.1) is 0 Å². The Hall–Kier alpha value is -1.22. The maximum Gasteiger partial charge on any atom is 0.107 e. The van der Waals surface area contributed by atoms with Crippen LogP contribution < -0.4 is 0 Å². The minimum Gasteiger partial charge on any atom is -0.346 e. The van der Waals surface area contributed by atoms with Crippen LogP contribution in [0.1, 0.15) is 17.1 Å². The molecule has 0 aliphatic heterocycles. The largest absolute Gasteiger partial charge is 0.346 e. The molecular weight excluding hydrogens is 216 g/mol. The lowest BCUT2D eigenvalue weighted by Crippen LogP contribution is -1.88. The van der Waals surface area contributed by atoms with Crippen molar-refractivity contribution in [3.8, 4) is 11.3 Å². The van der Waals surface area contributed by atoms with Gasteiger partial charge >= 0.3 is 0 Å². The van der Waals surface area contributed by atoms with E-state index in [1.54, 1.807) is 0 Å². The number of nitrogens with zero attached hydrogens (tertiary/aromatic N) is 1. The van der Waals surface area contributed by atoms with Crippen molar-refractivity contribution in [2.75, 3.05) is 5.75 Å². The van der Waals surface area contributed by atoms with Crippen LogP contribution in [0.25, 0.3) is 11.3 Å². The zero-order chi connectivity index (χ0) is 11.5. The van der Waals surface area contributed by atoms with Crippen LogP contribution in [0.3, 0.4) is 0 Å². The van der Waals surface area contributed by atoms with Gasteiger partial charge in [-0.05, 0) is 25.7 Å². The number of aromatic amines is 1. The van der Waals surface area contributed by atoms with E-state index in [1.807, 2.05) is 0 Å². The lowest BCUT2D eigenvalue weighted by Gasteiger charge is -1.99. The number of H-pyrrole nitrogens is 1. The van der Waals surface area contributed by atoms with E-state index in [1.165, 1.54) is 11.1 Å². The summed E-state index contributed by atoms with van der Waals surface area (Å²) < 4.78 is 0. The molecular formula is C13H16N2S. The first-order valence-corrected chi connectivity index (χ1v) is 6.07. The van der Waals surface area contributed by atoms with E-state index in [0.29, 0.717) is 0 Å². The molecule has 2 nitrogen and oxygen atoms in total. The van der Waals surface area contributed by atoms with Crippen molar-refractivity contribution in [1.82, 2.24) is 9.97 Å². The first-order valence-electron chi connectivity index (χ1n) is 5.44. The molecule has 0 spiro atoms. The van der Waals surface area contributed by atoms with Crippen LogP contribution in [0.15, 0.2) is 24.3 Å². The fraction of sp³-hybridized carbons (Fsp3) is 0.308. The molecule has 2 aromatic rings. The minimum absolute atomic E-state index is 0.820. The summed E-state index contributed by atoms with van der Waals surface area (Å²) in [6.45, 7) is 4.16. The van der Waals surface area contributed by atoms with E-state index in [0.717, 1.165) is 29.4 Å². The Kier molecular flexibility index (Phi) is 3.34. The Bertz CT molecular complexity index is 488. The number of thiol groups is 1. The third-order valence-electron chi connectivity index (χ3n) is 2.57. The predicted octanol–water partition coefficient (Wildman–Crippen LogP) is 3.17. The Morgan fingerprint density at radius 1 is 1.31 bits per heavy atom. The average Bonchev–Trinajstić information content (AvgIpc) is 2.60. The summed E-state index contributed by atoms with van der Waals surface area (Å²) in [5.74, 6) is 1.84. The second-order valence-electron chi connectivity index (χ2n) is 4.00. The zero-order valence-corrected chi connectivity index (χ0v) is 10.5. The third-order valence-corrected chi connectivity index (χ3v) is 2.80. The quantitative estimate of drug-likeness (QED) is 0.782. The number of aryl methyl sites for hydroxylation is 3. The van der Waals surface area contributed by atoms with Crippen molar-refractivity contribution < 1.29 is 0 Å². The van der Waals surface area contributed by atoms with E-state index in [2.05, 4.69) is 60.7 Å². The van der Waals surface area contributed by atoms with E-state index >= 15 is 0 Å². The fourth-order valence-electron chi connectivity index (χ4n) is 1.82. The summed E-state index contributed by atoms with van der Waals surface area (Å²) in [6.07, 6.45) is 0.885. The van der Waals surface area contributed by atoms with Gasteiger partial charge < -0.3 is 4.98 Å². The average molecular weight is 232 g/mol. The van der Waals surface area contributed by atoms with Gasteiger partial charge in [0.1, 0.15) is 5.82 Å². The maximum absolute atomic E-state index is 4.61. The number of hydrogen-bond acceptors (Lipinski definition) is 2. The lowest BCUT2D eigenvalue weighted by atomic mass is 10.1. The normalized spacial score (nSPS) is 10.7. The first kappa shape index (κ1) is 11.3. The molecule has 1 aromatic carbocycles. The maximum atomic E-state index is 4.61. The molecule has 0 bridgehead atoms. The molecule has 0 unspecified atom stereocenters. The van der Waals surface area contributed by atoms with Gasteiger partial charge in [0.05, 0.1) is 5.69 Å². The predicted molar refractivity (Wildman–Crippen MR) is 71.1 cm³/mol. The highest BCUT2D eigenvalue weighted by molar-refractivity contribution is 7.80. The standard InChI is InChI=1S/C13H16N2S/c1-9-4-3-5-11(8-9)13-10(2)14-12(15-13)6-7-16/h3-5,8,16H,6-7H2,1-2H3,(H,14,15). The molecule has 0 amide bonds. The minimum atomic E-state index is 0.820. The first-order chi connectivity index (χ1) is 7.70. The van der Waals surface area contributed by atoms with E-state index in [4.69, 9.17) is 0 Å². The number of aromatic nitrogens is 2. The van der Waals surface area contributed by atoms with Crippen molar-refractivity contribution in [2.45, 2.75) is 20.3 Å². The van der Waals surface area contributed by atoms with Gasteiger partial charge in [0.2, 0.25) is 0 Å². The van der Waals surface area contributed by atoms with Crippen LogP contribution in [0.4, 0.5) is 0 Å². The van der Waals surface area contributed by atoms with E-state index in [-0.39, 0.29) is 0 Å². The molecule has 2 rings (SSSR count). The molecule has 16 heavy (non-hydrogen) atoms. The van der Waals surface area contributed by atoms with E-state index in [9.17, 15) is 0 Å². The van der Waals surface area contributed by atoms with Crippen LogP contribution in [-0.2, 0) is 6.42 Å². The Morgan fingerprint density at radius 2 is 2.12 bits per heavy atom. The highest BCUT2D eigenvalue weighted by Crippen LogP contribution is 2.22. The number of imidazole rings is 1. The molecule has 84 valence electrons. The third kappa shape index (κ3) is 2.30. The molecule has 0 atom stereocenters. The van der Waals surface area contributed by atoms with Gasteiger partial charge in [-0.3, -0.25) is 0 Å². The number of benzene rings is 1. The summed E-state index contributed by atoms with van der Waals surface area (Å²) in [4.78, 5) is 7.91. The Balaban J connectivity index is 2.40. The second-order valence-corrected chi connectivity index (χ2v) is 4.45. The molecule has 3 heteroatoms. The summed E-state index contributed by atoms with van der Waals surface area (Å²) in [6, 6.07) is 8.42. The molecule has 1 N–H and O–H groups in total. The summed E-state index contributed by atoms with van der Waals surface area (Å²) in [5, 5.41) is 0. The Labute approximate surface area is 102 Å². The number of hydrogen-bond donors (Lipinski definition) is 2. The van der Waals surface area contributed by atoms with Gasteiger partial charge in [0.25, 0.3) is 0 Å². The summed E-state index contributed by atoms with van der Waals surface area (Å²) in [5.41, 5.74) is 4.62. The van der Waals surface area contributed by atoms with Gasteiger partial charge in [-0.1, -0.05) is 23.8 Å². The summed E-state index contributed by atoms with van der Waals surface area (Å²) in [7, 11) is 0. The smallest absolute Gasteiger partial charge is 0.107 e. The number of nitrogens with one attached hydrogen (secondary N) is 1.